The van der Waals surface area contributed by atoms with Crippen LogP contribution in [0.5, 0.6) is 0 Å². The molecule has 0 aromatic rings. The lowest BCUT2D eigenvalue weighted by molar-refractivity contribution is -0.156. The maximum atomic E-state index is 11.4. The molecule has 0 bridgehead atoms. The van der Waals surface area contributed by atoms with Gasteiger partial charge in [-0.2, -0.15) is 0 Å². The van der Waals surface area contributed by atoms with Crippen molar-refractivity contribution in [2.45, 2.75) is 51.7 Å². The molecule has 2 N–H and O–H groups in total. The van der Waals surface area contributed by atoms with Crippen LogP contribution in [0.25, 0.3) is 0 Å². The number of carbonyl (C=O) groups is 1. The van der Waals surface area contributed by atoms with Crippen LogP contribution in [0, 0.1) is 5.92 Å². The Bertz CT molecular complexity index is 192. The number of esters is 1. The topological polar surface area (TPSA) is 52.3 Å². The number of hydrogen-bond donors (Lipinski definition) is 1. The minimum absolute atomic E-state index is 0.264. The summed E-state index contributed by atoms with van der Waals surface area (Å²) in [7, 11) is 0. The van der Waals surface area contributed by atoms with E-state index in [1.807, 2.05) is 20.8 Å². The lowest BCUT2D eigenvalue weighted by Crippen LogP contribution is -2.37. The quantitative estimate of drug-likeness (QED) is 0.677. The number of ether oxygens (including phenoxy) is 1. The summed E-state index contributed by atoms with van der Waals surface area (Å²) >= 11 is 0. The Morgan fingerprint density at radius 3 is 2.46 bits per heavy atom. The zero-order valence-corrected chi connectivity index (χ0v) is 8.67. The molecule has 0 amide bonds. The van der Waals surface area contributed by atoms with E-state index in [1.165, 1.54) is 12.8 Å². The normalized spacial score (nSPS) is 19.7. The fraction of sp³-hybridized carbons (Fsp3) is 0.900. The van der Waals surface area contributed by atoms with Crippen LogP contribution in [0.4, 0.5) is 0 Å². The lowest BCUT2D eigenvalue weighted by atomic mass is 10.1. The molecule has 1 atom stereocenters. The second-order valence-electron chi connectivity index (χ2n) is 4.82. The van der Waals surface area contributed by atoms with E-state index in [0.29, 0.717) is 5.92 Å². The molecule has 0 radical (unpaired) electrons. The predicted molar refractivity (Wildman–Crippen MR) is 51.2 cm³/mol. The number of rotatable bonds is 3. The first kappa shape index (κ1) is 10.5. The maximum absolute atomic E-state index is 11.4. The summed E-state index contributed by atoms with van der Waals surface area (Å²) in [6.45, 7) is 5.57. The smallest absolute Gasteiger partial charge is 0.323 e. The van der Waals surface area contributed by atoms with E-state index in [4.69, 9.17) is 10.5 Å². The Balaban J connectivity index is 2.28. The molecule has 0 heterocycles. The van der Waals surface area contributed by atoms with E-state index in [2.05, 4.69) is 0 Å². The van der Waals surface area contributed by atoms with Gasteiger partial charge in [0.25, 0.3) is 0 Å². The molecule has 3 nitrogen and oxygen atoms in total. The Morgan fingerprint density at radius 1 is 1.54 bits per heavy atom. The number of nitrogens with two attached hydrogens (primary N) is 1. The standard InChI is InChI=1S/C10H19NO2/c1-10(2,3)13-9(12)8(11)6-7-4-5-7/h7-8H,4-6,11H2,1-3H3/t8-/m0/s1. The van der Waals surface area contributed by atoms with Crippen LogP contribution in [0.3, 0.4) is 0 Å². The van der Waals surface area contributed by atoms with Gasteiger partial charge in [0.15, 0.2) is 0 Å². The van der Waals surface area contributed by atoms with Gasteiger partial charge >= 0.3 is 5.97 Å². The average molecular weight is 185 g/mol. The van der Waals surface area contributed by atoms with Gasteiger partial charge in [0.05, 0.1) is 0 Å². The molecular weight excluding hydrogens is 166 g/mol. The van der Waals surface area contributed by atoms with Crippen LogP contribution in [0.2, 0.25) is 0 Å². The molecule has 13 heavy (non-hydrogen) atoms. The molecule has 0 aromatic carbocycles. The first-order chi connectivity index (χ1) is 5.88. The van der Waals surface area contributed by atoms with Crippen LogP contribution in [0.1, 0.15) is 40.0 Å². The molecule has 1 saturated carbocycles. The highest BCUT2D eigenvalue weighted by molar-refractivity contribution is 5.75. The van der Waals surface area contributed by atoms with Gasteiger partial charge in [0.1, 0.15) is 11.6 Å². The SMILES string of the molecule is CC(C)(C)OC(=O)[C@@H](N)CC1CC1. The highest BCUT2D eigenvalue weighted by atomic mass is 16.6. The summed E-state index contributed by atoms with van der Waals surface area (Å²) in [6.07, 6.45) is 3.22. The molecule has 0 spiro atoms. The van der Waals surface area contributed by atoms with Gasteiger partial charge in [0.2, 0.25) is 0 Å². The highest BCUT2D eigenvalue weighted by Crippen LogP contribution is 2.33. The van der Waals surface area contributed by atoms with Crippen molar-refractivity contribution >= 4 is 5.97 Å². The summed E-state index contributed by atoms with van der Waals surface area (Å²) in [5, 5.41) is 0. The highest BCUT2D eigenvalue weighted by Gasteiger charge is 2.29. The second kappa shape index (κ2) is 3.66. The van der Waals surface area contributed by atoms with E-state index in [1.54, 1.807) is 0 Å². The molecule has 1 rings (SSSR count). The van der Waals surface area contributed by atoms with Crippen LogP contribution >= 0.6 is 0 Å². The predicted octanol–water partition coefficient (Wildman–Crippen LogP) is 1.46. The Labute approximate surface area is 79.6 Å². The molecule has 76 valence electrons. The van der Waals surface area contributed by atoms with E-state index < -0.39 is 11.6 Å². The zero-order valence-electron chi connectivity index (χ0n) is 8.67. The van der Waals surface area contributed by atoms with E-state index in [0.717, 1.165) is 6.42 Å². The van der Waals surface area contributed by atoms with Crippen LogP contribution in [-0.4, -0.2) is 17.6 Å². The van der Waals surface area contributed by atoms with Crippen LogP contribution in [-0.2, 0) is 9.53 Å². The molecule has 0 aliphatic heterocycles. The molecular formula is C10H19NO2. The van der Waals surface area contributed by atoms with Crippen molar-refractivity contribution in [2.24, 2.45) is 11.7 Å². The van der Waals surface area contributed by atoms with Crippen molar-refractivity contribution < 1.29 is 9.53 Å². The molecule has 1 fully saturated rings. The monoisotopic (exact) mass is 185 g/mol. The van der Waals surface area contributed by atoms with Gasteiger partial charge in [-0.3, -0.25) is 4.79 Å². The fourth-order valence-corrected chi connectivity index (χ4v) is 1.19. The maximum Gasteiger partial charge on any atom is 0.323 e. The van der Waals surface area contributed by atoms with Gasteiger partial charge in [-0.15, -0.1) is 0 Å². The molecule has 1 aliphatic carbocycles. The first-order valence-corrected chi connectivity index (χ1v) is 4.87. The van der Waals surface area contributed by atoms with Crippen molar-refractivity contribution in [1.82, 2.24) is 0 Å². The van der Waals surface area contributed by atoms with Gasteiger partial charge in [-0.25, -0.2) is 0 Å². The van der Waals surface area contributed by atoms with Crippen molar-refractivity contribution in [3.8, 4) is 0 Å². The summed E-state index contributed by atoms with van der Waals surface area (Å²) in [5.74, 6) is 0.405. The van der Waals surface area contributed by atoms with Crippen molar-refractivity contribution in [3.05, 3.63) is 0 Å². The zero-order chi connectivity index (χ0) is 10.1. The van der Waals surface area contributed by atoms with Crippen molar-refractivity contribution in [1.29, 1.82) is 0 Å². The second-order valence-corrected chi connectivity index (χ2v) is 4.82. The molecule has 3 heteroatoms. The van der Waals surface area contributed by atoms with Crippen molar-refractivity contribution in [3.63, 3.8) is 0 Å². The van der Waals surface area contributed by atoms with Gasteiger partial charge < -0.3 is 10.5 Å². The Kier molecular flexibility index (Phi) is 2.96. The lowest BCUT2D eigenvalue weighted by Gasteiger charge is -2.22. The number of hydrogen-bond acceptors (Lipinski definition) is 3. The molecule has 0 unspecified atom stereocenters. The molecule has 0 saturated heterocycles. The van der Waals surface area contributed by atoms with Crippen LogP contribution < -0.4 is 5.73 Å². The largest absolute Gasteiger partial charge is 0.459 e. The third-order valence-corrected chi connectivity index (χ3v) is 1.99. The van der Waals surface area contributed by atoms with Gasteiger partial charge in [-0.1, -0.05) is 12.8 Å². The third kappa shape index (κ3) is 4.27. The summed E-state index contributed by atoms with van der Waals surface area (Å²) in [5.41, 5.74) is 5.27. The minimum atomic E-state index is -0.424. The summed E-state index contributed by atoms with van der Waals surface area (Å²) in [4.78, 5) is 11.4. The molecule has 0 aromatic heterocycles. The first-order valence-electron chi connectivity index (χ1n) is 4.87. The molecule has 1 aliphatic rings. The van der Waals surface area contributed by atoms with Crippen LogP contribution in [0.15, 0.2) is 0 Å². The minimum Gasteiger partial charge on any atom is -0.459 e. The van der Waals surface area contributed by atoms with E-state index in [9.17, 15) is 4.79 Å². The van der Waals surface area contributed by atoms with Gasteiger partial charge in [0, 0.05) is 0 Å². The summed E-state index contributed by atoms with van der Waals surface area (Å²) in [6, 6.07) is -0.424. The Morgan fingerprint density at radius 2 is 2.08 bits per heavy atom. The fourth-order valence-electron chi connectivity index (χ4n) is 1.19. The summed E-state index contributed by atoms with van der Waals surface area (Å²) < 4.78 is 5.16. The Hall–Kier alpha value is -0.570. The third-order valence-electron chi connectivity index (χ3n) is 1.99. The van der Waals surface area contributed by atoms with E-state index >= 15 is 0 Å². The van der Waals surface area contributed by atoms with Crippen molar-refractivity contribution in [2.75, 3.05) is 0 Å². The van der Waals surface area contributed by atoms with Gasteiger partial charge in [-0.05, 0) is 33.1 Å². The van der Waals surface area contributed by atoms with E-state index in [-0.39, 0.29) is 5.97 Å². The average Bonchev–Trinajstić information content (AvgIpc) is 2.67. The number of carbonyl (C=O) groups excluding carboxylic acids is 1.